The summed E-state index contributed by atoms with van der Waals surface area (Å²) in [6.45, 7) is 6.30. The molecule has 1 saturated heterocycles. The third kappa shape index (κ3) is 2.95. The maximum atomic E-state index is 17.3. The zero-order chi connectivity index (χ0) is 26.6. The topological polar surface area (TPSA) is 130 Å². The molecule has 0 spiro atoms. The van der Waals surface area contributed by atoms with Crippen molar-refractivity contribution < 1.29 is 48.0 Å². The Bertz CT molecular complexity index is 1100. The highest BCUT2D eigenvalue weighted by atomic mass is 19.1. The first-order valence-electron chi connectivity index (χ1n) is 12.3. The van der Waals surface area contributed by atoms with Crippen molar-refractivity contribution in [3.63, 3.8) is 0 Å². The molecule has 10 atom stereocenters. The normalized spacial score (nSPS) is 49.4. The zero-order valence-electron chi connectivity index (χ0n) is 20.7. The minimum Gasteiger partial charge on any atom is -0.481 e. The molecule has 36 heavy (non-hydrogen) atoms. The number of Topliss-reactive ketones (excluding diaryl/α,β-unsaturated/α-hetero) is 1. The lowest BCUT2D eigenvalue weighted by Crippen LogP contribution is -2.71. The molecular weight excluding hydrogens is 478 g/mol. The Morgan fingerprint density at radius 2 is 1.86 bits per heavy atom. The van der Waals surface area contributed by atoms with E-state index in [2.05, 4.69) is 0 Å². The van der Waals surface area contributed by atoms with Crippen LogP contribution >= 0.6 is 0 Å². The van der Waals surface area contributed by atoms with Crippen LogP contribution in [0.3, 0.4) is 0 Å². The van der Waals surface area contributed by atoms with Gasteiger partial charge in [0.15, 0.2) is 28.6 Å². The van der Waals surface area contributed by atoms with Crippen LogP contribution in [-0.2, 0) is 23.9 Å². The molecule has 1 aliphatic heterocycles. The molecular formula is C26H32F2O8. The van der Waals surface area contributed by atoms with Crippen molar-refractivity contribution in [3.05, 3.63) is 23.8 Å². The summed E-state index contributed by atoms with van der Waals surface area (Å²) in [5.74, 6) is -5.76. The number of rotatable bonds is 4. The number of carboxylic acids is 1. The molecule has 5 rings (SSSR count). The van der Waals surface area contributed by atoms with Gasteiger partial charge in [0.25, 0.3) is 0 Å². The number of hydrogen-bond acceptors (Lipinski definition) is 7. The van der Waals surface area contributed by atoms with Crippen molar-refractivity contribution >= 4 is 17.5 Å². The predicted octanol–water partition coefficient (Wildman–Crippen LogP) is 2.21. The highest BCUT2D eigenvalue weighted by Crippen LogP contribution is 2.72. The summed E-state index contributed by atoms with van der Waals surface area (Å²) in [5.41, 5.74) is -7.10. The van der Waals surface area contributed by atoms with Gasteiger partial charge in [0.2, 0.25) is 0 Å². The highest BCUT2D eigenvalue weighted by molar-refractivity contribution is 6.01. The fraction of sp³-hybridized carbons (Fsp3) is 0.731. The highest BCUT2D eigenvalue weighted by Gasteiger charge is 2.81. The molecule has 0 aromatic heterocycles. The Morgan fingerprint density at radius 3 is 2.50 bits per heavy atom. The van der Waals surface area contributed by atoms with Gasteiger partial charge in [0.1, 0.15) is 12.3 Å². The SMILES string of the molecule is CC1(C)OC2C[C@H]3[C@@H]4C[C@H](F)C5=CC(=O)C=C[C@]5(C)[C@@]4(F)[C@@H](O)C[C@]3(C)[C@]2(C(=O)C(O)CC(=O)O)O1. The number of hydrogen-bond donors (Lipinski definition) is 3. The van der Waals surface area contributed by atoms with Gasteiger partial charge in [-0.1, -0.05) is 13.0 Å². The third-order valence-electron chi connectivity index (χ3n) is 9.66. The van der Waals surface area contributed by atoms with Gasteiger partial charge in [-0.2, -0.15) is 0 Å². The lowest BCUT2D eigenvalue weighted by molar-refractivity contribution is -0.250. The lowest BCUT2D eigenvalue weighted by Gasteiger charge is -2.63. The molecule has 5 aliphatic rings. The van der Waals surface area contributed by atoms with Crippen LogP contribution in [0.25, 0.3) is 0 Å². The summed E-state index contributed by atoms with van der Waals surface area (Å²) in [6, 6.07) is 0. The van der Waals surface area contributed by atoms with Crippen molar-refractivity contribution in [1.29, 1.82) is 0 Å². The number of ketones is 2. The van der Waals surface area contributed by atoms with Gasteiger partial charge in [0, 0.05) is 16.7 Å². The molecule has 0 amide bonds. The molecule has 198 valence electrons. The minimum atomic E-state index is -2.35. The van der Waals surface area contributed by atoms with Crippen molar-refractivity contribution in [2.75, 3.05) is 0 Å². The summed E-state index contributed by atoms with van der Waals surface area (Å²) in [7, 11) is 0. The van der Waals surface area contributed by atoms with E-state index in [-0.39, 0.29) is 24.8 Å². The fourth-order valence-electron chi connectivity index (χ4n) is 8.24. The second-order valence-electron chi connectivity index (χ2n) is 11.9. The number of fused-ring (bicyclic) bond motifs is 7. The molecule has 8 nitrogen and oxygen atoms in total. The Hall–Kier alpha value is -2.01. The number of aliphatic carboxylic acids is 1. The molecule has 4 fully saturated rings. The third-order valence-corrected chi connectivity index (χ3v) is 9.66. The van der Waals surface area contributed by atoms with Crippen LogP contribution in [0.2, 0.25) is 0 Å². The van der Waals surface area contributed by atoms with Crippen LogP contribution in [0.15, 0.2) is 23.8 Å². The maximum absolute atomic E-state index is 17.3. The fourth-order valence-corrected chi connectivity index (χ4v) is 8.24. The number of halogens is 2. The summed E-state index contributed by atoms with van der Waals surface area (Å²) in [4.78, 5) is 37.0. The van der Waals surface area contributed by atoms with Crippen LogP contribution in [0.5, 0.6) is 0 Å². The van der Waals surface area contributed by atoms with E-state index in [1.165, 1.54) is 19.1 Å². The smallest absolute Gasteiger partial charge is 0.306 e. The van der Waals surface area contributed by atoms with E-state index in [4.69, 9.17) is 9.47 Å². The number of ether oxygens (including phenoxy) is 2. The largest absolute Gasteiger partial charge is 0.481 e. The van der Waals surface area contributed by atoms with Gasteiger partial charge in [-0.25, -0.2) is 8.78 Å². The van der Waals surface area contributed by atoms with Gasteiger partial charge in [-0.15, -0.1) is 0 Å². The average molecular weight is 511 g/mol. The number of alkyl halides is 2. The van der Waals surface area contributed by atoms with Crippen LogP contribution in [0.4, 0.5) is 8.78 Å². The minimum absolute atomic E-state index is 0.00843. The van der Waals surface area contributed by atoms with Crippen molar-refractivity contribution in [1.82, 2.24) is 0 Å². The molecule has 3 N–H and O–H groups in total. The predicted molar refractivity (Wildman–Crippen MR) is 120 cm³/mol. The summed E-state index contributed by atoms with van der Waals surface area (Å²) < 4.78 is 45.2. The number of allylic oxidation sites excluding steroid dienone is 4. The van der Waals surface area contributed by atoms with Gasteiger partial charge < -0.3 is 24.8 Å². The number of aliphatic hydroxyl groups excluding tert-OH is 2. The molecule has 0 aromatic carbocycles. The number of carboxylic acid groups (broad SMARTS) is 1. The van der Waals surface area contributed by atoms with E-state index < -0.39 is 88.2 Å². The maximum Gasteiger partial charge on any atom is 0.306 e. The molecule has 0 radical (unpaired) electrons. The lowest BCUT2D eigenvalue weighted by atomic mass is 9.44. The van der Waals surface area contributed by atoms with Crippen LogP contribution in [0.1, 0.15) is 53.4 Å². The number of carbonyl (C=O) groups is 3. The molecule has 0 aromatic rings. The molecule has 0 bridgehead atoms. The Kier molecular flexibility index (Phi) is 5.36. The molecule has 3 saturated carbocycles. The summed E-state index contributed by atoms with van der Waals surface area (Å²) in [6.07, 6.45) is -3.90. The van der Waals surface area contributed by atoms with Crippen LogP contribution in [-0.4, -0.2) is 74.4 Å². The summed E-state index contributed by atoms with van der Waals surface area (Å²) >= 11 is 0. The Balaban J connectivity index is 1.64. The van der Waals surface area contributed by atoms with E-state index in [9.17, 15) is 29.7 Å². The van der Waals surface area contributed by atoms with Crippen LogP contribution < -0.4 is 0 Å². The second kappa shape index (κ2) is 7.52. The summed E-state index contributed by atoms with van der Waals surface area (Å²) in [5, 5.41) is 31.2. The first-order valence-corrected chi connectivity index (χ1v) is 12.3. The quantitative estimate of drug-likeness (QED) is 0.525. The van der Waals surface area contributed by atoms with E-state index in [1.807, 2.05) is 0 Å². The first kappa shape index (κ1) is 25.6. The van der Waals surface area contributed by atoms with Crippen molar-refractivity contribution in [2.45, 2.75) is 94.9 Å². The molecule has 1 heterocycles. The van der Waals surface area contributed by atoms with Crippen molar-refractivity contribution in [3.8, 4) is 0 Å². The van der Waals surface area contributed by atoms with E-state index in [1.54, 1.807) is 20.8 Å². The molecule has 2 unspecified atom stereocenters. The van der Waals surface area contributed by atoms with Gasteiger partial charge >= 0.3 is 5.97 Å². The molecule has 10 heteroatoms. The van der Waals surface area contributed by atoms with E-state index in [0.717, 1.165) is 6.08 Å². The monoisotopic (exact) mass is 510 g/mol. The van der Waals surface area contributed by atoms with Gasteiger partial charge in [-0.3, -0.25) is 14.4 Å². The van der Waals surface area contributed by atoms with Crippen molar-refractivity contribution in [2.24, 2.45) is 22.7 Å². The van der Waals surface area contributed by atoms with Gasteiger partial charge in [-0.05, 0) is 63.7 Å². The van der Waals surface area contributed by atoms with E-state index >= 15 is 8.78 Å². The van der Waals surface area contributed by atoms with E-state index in [0.29, 0.717) is 0 Å². The number of aliphatic hydroxyl groups is 2. The zero-order valence-corrected chi connectivity index (χ0v) is 20.7. The first-order chi connectivity index (χ1) is 16.5. The molecule has 4 aliphatic carbocycles. The van der Waals surface area contributed by atoms with Crippen LogP contribution in [0, 0.1) is 22.7 Å². The average Bonchev–Trinajstić information content (AvgIpc) is 3.17. The van der Waals surface area contributed by atoms with Gasteiger partial charge in [0.05, 0.1) is 18.6 Å². The Labute approximate surface area is 207 Å². The second-order valence-corrected chi connectivity index (χ2v) is 11.9. The number of carbonyl (C=O) groups excluding carboxylic acids is 2. The standard InChI is InChI=1S/C26H32F2O8/c1-22(2)35-19-9-13-14-8-16(27)15-7-12(29)5-6-23(15,3)25(14,28)18(31)11-24(13,4)26(19,36-22)21(34)17(30)10-20(32)33/h5-7,13-14,16-19,30-31H,8-11H2,1-4H3,(H,32,33)/t13-,14-,16-,17?,18-,19?,23-,24-,25-,26-/m0/s1. The Morgan fingerprint density at radius 1 is 1.19 bits per heavy atom.